The van der Waals surface area contributed by atoms with Crippen molar-refractivity contribution in [3.63, 3.8) is 0 Å². The number of rotatable bonds is 5. The van der Waals surface area contributed by atoms with Gasteiger partial charge in [-0.2, -0.15) is 0 Å². The van der Waals surface area contributed by atoms with Crippen LogP contribution in [0.15, 0.2) is 51.0 Å². The maximum atomic E-state index is 12.3. The number of ether oxygens (including phenoxy) is 2. The maximum absolute atomic E-state index is 12.3. The van der Waals surface area contributed by atoms with Gasteiger partial charge in [0.05, 0.1) is 19.3 Å². The van der Waals surface area contributed by atoms with Gasteiger partial charge in [-0.05, 0) is 19.1 Å². The Balaban J connectivity index is 1.56. The highest BCUT2D eigenvalue weighted by Gasteiger charge is 2.38. The number of nitrogens with one attached hydrogen (secondary N) is 1. The van der Waals surface area contributed by atoms with E-state index in [1.807, 2.05) is 18.2 Å². The molecule has 0 saturated carbocycles. The number of hydrogen-bond acceptors (Lipinski definition) is 6. The van der Waals surface area contributed by atoms with Crippen molar-refractivity contribution in [2.24, 2.45) is 0 Å². The normalized spacial score (nSPS) is 25.8. The zero-order chi connectivity index (χ0) is 19.5. The minimum absolute atomic E-state index is 0.00700. The predicted octanol–water partition coefficient (Wildman–Crippen LogP) is 1.63. The number of benzene rings is 1. The van der Waals surface area contributed by atoms with Crippen molar-refractivity contribution in [3.8, 4) is 0 Å². The molecule has 4 rings (SSSR count). The quantitative estimate of drug-likeness (QED) is 0.818. The fourth-order valence-electron chi connectivity index (χ4n) is 3.67. The summed E-state index contributed by atoms with van der Waals surface area (Å²) < 4.78 is 13.3. The third-order valence-corrected chi connectivity index (χ3v) is 6.55. The van der Waals surface area contributed by atoms with Gasteiger partial charge in [0, 0.05) is 48.0 Å². The standard InChI is InChI=1S/C20H25N3O4S/c1-14-12-23(20(25)21-19(14)24)18-11-17(28-15-5-3-2-4-6-15)16(27-18)13-22-7-9-26-10-8-22/h2-6,12,16-18H,7-11,13H2,1H3,(H,21,24,25)/t16-,17+,18-/m1/s1. The van der Waals surface area contributed by atoms with Crippen LogP contribution in [0.3, 0.4) is 0 Å². The largest absolute Gasteiger partial charge is 0.379 e. The number of H-pyrrole nitrogens is 1. The van der Waals surface area contributed by atoms with E-state index in [9.17, 15) is 9.59 Å². The third kappa shape index (κ3) is 4.41. The fraction of sp³-hybridized carbons (Fsp3) is 0.500. The number of morpholine rings is 1. The first kappa shape index (κ1) is 19.4. The molecule has 2 aliphatic heterocycles. The van der Waals surface area contributed by atoms with Crippen LogP contribution in [0.4, 0.5) is 0 Å². The van der Waals surface area contributed by atoms with Crippen LogP contribution in [-0.4, -0.2) is 58.7 Å². The van der Waals surface area contributed by atoms with Crippen molar-refractivity contribution in [1.29, 1.82) is 0 Å². The van der Waals surface area contributed by atoms with Crippen LogP contribution in [0.1, 0.15) is 18.2 Å². The first-order valence-corrected chi connectivity index (χ1v) is 10.5. The van der Waals surface area contributed by atoms with E-state index < -0.39 is 5.69 Å². The first-order valence-electron chi connectivity index (χ1n) is 9.59. The van der Waals surface area contributed by atoms with Gasteiger partial charge in [0.15, 0.2) is 0 Å². The molecule has 1 aromatic heterocycles. The number of aromatic amines is 1. The Bertz CT molecular complexity index is 908. The monoisotopic (exact) mass is 403 g/mol. The van der Waals surface area contributed by atoms with Crippen LogP contribution in [0.5, 0.6) is 0 Å². The molecule has 2 aromatic rings. The topological polar surface area (TPSA) is 76.6 Å². The van der Waals surface area contributed by atoms with E-state index in [1.165, 1.54) is 9.46 Å². The molecule has 0 amide bonds. The van der Waals surface area contributed by atoms with Crippen LogP contribution in [0.25, 0.3) is 0 Å². The summed E-state index contributed by atoms with van der Waals surface area (Å²) in [4.78, 5) is 30.0. The molecule has 0 unspecified atom stereocenters. The lowest BCUT2D eigenvalue weighted by Crippen LogP contribution is -2.43. The summed E-state index contributed by atoms with van der Waals surface area (Å²) in [5, 5.41) is 0.217. The molecule has 28 heavy (non-hydrogen) atoms. The fourth-order valence-corrected chi connectivity index (χ4v) is 4.90. The van der Waals surface area contributed by atoms with E-state index in [2.05, 4.69) is 22.0 Å². The summed E-state index contributed by atoms with van der Waals surface area (Å²) in [5.41, 5.74) is -0.262. The second kappa shape index (κ2) is 8.65. The lowest BCUT2D eigenvalue weighted by atomic mass is 10.2. The van der Waals surface area contributed by atoms with E-state index in [4.69, 9.17) is 9.47 Å². The van der Waals surface area contributed by atoms with Crippen molar-refractivity contribution >= 4 is 11.8 Å². The van der Waals surface area contributed by atoms with Crippen molar-refractivity contribution in [3.05, 3.63) is 62.9 Å². The molecule has 3 heterocycles. The number of aromatic nitrogens is 2. The molecule has 1 aromatic carbocycles. The Kier molecular flexibility index (Phi) is 6.01. The molecule has 150 valence electrons. The summed E-state index contributed by atoms with van der Waals surface area (Å²) in [5.74, 6) is 0. The zero-order valence-corrected chi connectivity index (χ0v) is 16.7. The van der Waals surface area contributed by atoms with Gasteiger partial charge in [-0.25, -0.2) is 4.79 Å². The number of hydrogen-bond donors (Lipinski definition) is 1. The molecule has 2 fully saturated rings. The Labute approximate surface area is 167 Å². The van der Waals surface area contributed by atoms with Gasteiger partial charge in [-0.3, -0.25) is 19.2 Å². The molecule has 2 aliphatic rings. The van der Waals surface area contributed by atoms with E-state index in [-0.39, 0.29) is 23.1 Å². The van der Waals surface area contributed by atoms with Gasteiger partial charge >= 0.3 is 5.69 Å². The smallest absolute Gasteiger partial charge is 0.330 e. The minimum atomic E-state index is -0.420. The molecule has 2 saturated heterocycles. The van der Waals surface area contributed by atoms with E-state index in [0.717, 1.165) is 32.8 Å². The van der Waals surface area contributed by atoms with Crippen LogP contribution in [0, 0.1) is 6.92 Å². The highest BCUT2D eigenvalue weighted by Crippen LogP contribution is 2.39. The highest BCUT2D eigenvalue weighted by atomic mass is 32.2. The molecule has 0 bridgehead atoms. The summed E-state index contributed by atoms with van der Waals surface area (Å²) in [6.07, 6.45) is 1.93. The second-order valence-electron chi connectivity index (χ2n) is 7.23. The molecule has 7 nitrogen and oxygen atoms in total. The highest BCUT2D eigenvalue weighted by molar-refractivity contribution is 8.00. The lowest BCUT2D eigenvalue weighted by Gasteiger charge is -2.30. The average molecular weight is 404 g/mol. The van der Waals surface area contributed by atoms with E-state index >= 15 is 0 Å². The molecule has 8 heteroatoms. The Hall–Kier alpha value is -1.87. The van der Waals surface area contributed by atoms with Crippen LogP contribution < -0.4 is 11.2 Å². The van der Waals surface area contributed by atoms with Gasteiger partial charge in [0.2, 0.25) is 0 Å². The lowest BCUT2D eigenvalue weighted by molar-refractivity contribution is -0.0331. The van der Waals surface area contributed by atoms with E-state index in [1.54, 1.807) is 24.9 Å². The maximum Gasteiger partial charge on any atom is 0.330 e. The summed E-state index contributed by atoms with van der Waals surface area (Å²) >= 11 is 1.79. The minimum Gasteiger partial charge on any atom is -0.379 e. The molecule has 3 atom stereocenters. The van der Waals surface area contributed by atoms with Gasteiger partial charge < -0.3 is 9.47 Å². The zero-order valence-electron chi connectivity index (χ0n) is 15.9. The van der Waals surface area contributed by atoms with Gasteiger partial charge in [0.25, 0.3) is 5.56 Å². The van der Waals surface area contributed by atoms with Crippen molar-refractivity contribution < 1.29 is 9.47 Å². The van der Waals surface area contributed by atoms with Crippen LogP contribution in [-0.2, 0) is 9.47 Å². The van der Waals surface area contributed by atoms with Gasteiger partial charge in [0.1, 0.15) is 6.23 Å². The number of thioether (sulfide) groups is 1. The Morgan fingerprint density at radius 1 is 1.18 bits per heavy atom. The molecular weight excluding hydrogens is 378 g/mol. The summed E-state index contributed by atoms with van der Waals surface area (Å²) in [7, 11) is 0. The van der Waals surface area contributed by atoms with Crippen molar-refractivity contribution in [2.75, 3.05) is 32.8 Å². The molecule has 0 spiro atoms. The van der Waals surface area contributed by atoms with Crippen molar-refractivity contribution in [1.82, 2.24) is 14.5 Å². The summed E-state index contributed by atoms with van der Waals surface area (Å²) in [6.45, 7) is 5.78. The average Bonchev–Trinajstić information content (AvgIpc) is 3.08. The predicted molar refractivity (Wildman–Crippen MR) is 108 cm³/mol. The second-order valence-corrected chi connectivity index (χ2v) is 8.54. The summed E-state index contributed by atoms with van der Waals surface area (Å²) in [6, 6.07) is 10.3. The Morgan fingerprint density at radius 2 is 1.93 bits per heavy atom. The van der Waals surface area contributed by atoms with Gasteiger partial charge in [-0.15, -0.1) is 11.8 Å². The first-order chi connectivity index (χ1) is 13.6. The molecule has 0 radical (unpaired) electrons. The third-order valence-electron chi connectivity index (χ3n) is 5.21. The SMILES string of the molecule is Cc1cn([C@H]2C[C@H](Sc3ccccc3)[C@@H](CN3CCOCC3)O2)c(=O)[nH]c1=O. The number of nitrogens with zero attached hydrogens (tertiary/aromatic N) is 2. The van der Waals surface area contributed by atoms with Gasteiger partial charge in [-0.1, -0.05) is 18.2 Å². The van der Waals surface area contributed by atoms with Crippen molar-refractivity contribution in [2.45, 2.75) is 35.8 Å². The molecule has 1 N–H and O–H groups in total. The van der Waals surface area contributed by atoms with E-state index in [0.29, 0.717) is 12.0 Å². The number of aryl methyl sites for hydroxylation is 1. The van der Waals surface area contributed by atoms with Crippen LogP contribution in [0.2, 0.25) is 0 Å². The Morgan fingerprint density at radius 3 is 2.68 bits per heavy atom. The van der Waals surface area contributed by atoms with Crippen LogP contribution >= 0.6 is 11.8 Å². The molecular formula is C20H25N3O4S. The molecule has 0 aliphatic carbocycles.